The fourth-order valence-corrected chi connectivity index (χ4v) is 4.37. The topological polar surface area (TPSA) is 60.7 Å². The van der Waals surface area contributed by atoms with Gasteiger partial charge in [-0.3, -0.25) is 4.79 Å². The van der Waals surface area contributed by atoms with Gasteiger partial charge in [0, 0.05) is 33.9 Å². The molecular formula is C28H17ClN4O. The van der Waals surface area contributed by atoms with E-state index in [2.05, 4.69) is 11.1 Å². The second kappa shape index (κ2) is 8.21. The molecule has 0 aliphatic heterocycles. The fourth-order valence-electron chi connectivity index (χ4n) is 4.18. The predicted molar refractivity (Wildman–Crippen MR) is 135 cm³/mol. The van der Waals surface area contributed by atoms with E-state index in [-0.39, 0.29) is 0 Å². The monoisotopic (exact) mass is 460 g/mol. The highest BCUT2D eigenvalue weighted by molar-refractivity contribution is 6.30. The van der Waals surface area contributed by atoms with Crippen molar-refractivity contribution in [3.8, 4) is 28.2 Å². The maximum atomic E-state index is 12.0. The van der Waals surface area contributed by atoms with Gasteiger partial charge in [0.05, 0.1) is 5.56 Å². The summed E-state index contributed by atoms with van der Waals surface area (Å²) < 4.78 is 1.65. The summed E-state index contributed by atoms with van der Waals surface area (Å²) in [5, 5.41) is 8.54. The lowest BCUT2D eigenvalue weighted by molar-refractivity contribution is 0.112. The zero-order valence-corrected chi connectivity index (χ0v) is 18.6. The smallest absolute Gasteiger partial charge is 0.163 e. The van der Waals surface area contributed by atoms with Crippen molar-refractivity contribution >= 4 is 39.7 Å². The molecule has 3 aromatic heterocycles. The minimum atomic E-state index is 0.482. The number of nitrogens with zero attached hydrogens (tertiary/aromatic N) is 4. The van der Waals surface area contributed by atoms with Gasteiger partial charge in [-0.1, -0.05) is 60.1 Å². The van der Waals surface area contributed by atoms with Crippen LogP contribution in [0.1, 0.15) is 10.4 Å². The van der Waals surface area contributed by atoms with Gasteiger partial charge < -0.3 is 0 Å². The molecule has 0 N–H and O–H groups in total. The third-order valence-corrected chi connectivity index (χ3v) is 6.05. The lowest BCUT2D eigenvalue weighted by Gasteiger charge is -2.11. The normalized spacial score (nSPS) is 11.2. The molecule has 0 unspecified atom stereocenters. The highest BCUT2D eigenvalue weighted by Gasteiger charge is 2.17. The maximum absolute atomic E-state index is 12.0. The number of benzene rings is 3. The van der Waals surface area contributed by atoms with Crippen LogP contribution in [0.3, 0.4) is 0 Å². The number of pyridine rings is 2. The van der Waals surface area contributed by atoms with Gasteiger partial charge >= 0.3 is 0 Å². The molecule has 6 heteroatoms. The Morgan fingerprint density at radius 2 is 1.65 bits per heavy atom. The van der Waals surface area contributed by atoms with Crippen LogP contribution >= 0.6 is 11.6 Å². The van der Waals surface area contributed by atoms with Gasteiger partial charge in [-0.2, -0.15) is 5.10 Å². The first kappa shape index (κ1) is 20.3. The molecule has 6 rings (SSSR count). The van der Waals surface area contributed by atoms with Crippen LogP contribution in [-0.2, 0) is 0 Å². The fraction of sp³-hybridized carbons (Fsp3) is 0. The number of halogens is 1. The molecule has 0 saturated heterocycles. The number of aromatic nitrogens is 4. The summed E-state index contributed by atoms with van der Waals surface area (Å²) in [5.74, 6) is 0.573. The van der Waals surface area contributed by atoms with Crippen molar-refractivity contribution in [1.82, 2.24) is 19.7 Å². The SMILES string of the molecule is O=Cc1cn(-c2nc3ncccc3cc2-c2cccc(Cl)c2)nc1-c1ccc2ccccc2c1. The Morgan fingerprint density at radius 1 is 0.794 bits per heavy atom. The lowest BCUT2D eigenvalue weighted by atomic mass is 10.0. The zero-order valence-electron chi connectivity index (χ0n) is 17.9. The predicted octanol–water partition coefficient (Wildman–Crippen LogP) is 6.77. The molecule has 0 aliphatic carbocycles. The maximum Gasteiger partial charge on any atom is 0.163 e. The van der Waals surface area contributed by atoms with Crippen LogP contribution in [0.25, 0.3) is 50.0 Å². The molecule has 0 fully saturated rings. The second-order valence-electron chi connectivity index (χ2n) is 7.98. The van der Waals surface area contributed by atoms with Gasteiger partial charge in [0.2, 0.25) is 0 Å². The summed E-state index contributed by atoms with van der Waals surface area (Å²) in [4.78, 5) is 21.2. The van der Waals surface area contributed by atoms with Gasteiger partial charge in [-0.15, -0.1) is 0 Å². The Labute approximate surface area is 200 Å². The first-order valence-electron chi connectivity index (χ1n) is 10.8. The van der Waals surface area contributed by atoms with Crippen molar-refractivity contribution < 1.29 is 4.79 Å². The zero-order chi connectivity index (χ0) is 23.1. The molecule has 3 heterocycles. The van der Waals surface area contributed by atoms with Gasteiger partial charge in [-0.05, 0) is 52.7 Å². The van der Waals surface area contributed by atoms with Gasteiger partial charge in [0.15, 0.2) is 17.8 Å². The number of hydrogen-bond donors (Lipinski definition) is 0. The van der Waals surface area contributed by atoms with Gasteiger partial charge in [0.25, 0.3) is 0 Å². The van der Waals surface area contributed by atoms with Crippen LogP contribution in [0.4, 0.5) is 0 Å². The largest absolute Gasteiger partial charge is 0.298 e. The number of hydrogen-bond acceptors (Lipinski definition) is 4. The summed E-state index contributed by atoms with van der Waals surface area (Å²) in [6.45, 7) is 0. The quantitative estimate of drug-likeness (QED) is 0.272. The van der Waals surface area contributed by atoms with E-state index in [9.17, 15) is 4.79 Å². The molecule has 0 radical (unpaired) electrons. The van der Waals surface area contributed by atoms with E-state index in [1.165, 1.54) is 0 Å². The molecule has 0 bridgehead atoms. The Kier molecular flexibility index (Phi) is 4.90. The number of carbonyl (C=O) groups excluding carboxylic acids is 1. The van der Waals surface area contributed by atoms with Crippen LogP contribution in [-0.4, -0.2) is 26.0 Å². The van der Waals surface area contributed by atoms with Crippen molar-refractivity contribution in [2.45, 2.75) is 0 Å². The van der Waals surface area contributed by atoms with Crippen molar-refractivity contribution in [3.63, 3.8) is 0 Å². The van der Waals surface area contributed by atoms with Crippen molar-refractivity contribution in [2.75, 3.05) is 0 Å². The van der Waals surface area contributed by atoms with E-state index in [0.717, 1.165) is 39.1 Å². The summed E-state index contributed by atoms with van der Waals surface area (Å²) in [6.07, 6.45) is 4.24. The molecule has 5 nitrogen and oxygen atoms in total. The van der Waals surface area contributed by atoms with E-state index in [1.807, 2.05) is 78.9 Å². The number of carbonyl (C=O) groups is 1. The van der Waals surface area contributed by atoms with E-state index in [0.29, 0.717) is 27.7 Å². The van der Waals surface area contributed by atoms with Crippen molar-refractivity contribution in [1.29, 1.82) is 0 Å². The number of aldehydes is 1. The van der Waals surface area contributed by atoms with E-state index < -0.39 is 0 Å². The summed E-state index contributed by atoms with van der Waals surface area (Å²) in [7, 11) is 0. The Bertz CT molecular complexity index is 1710. The molecule has 0 atom stereocenters. The van der Waals surface area contributed by atoms with Crippen LogP contribution in [0.5, 0.6) is 0 Å². The summed E-state index contributed by atoms with van der Waals surface area (Å²) >= 11 is 6.29. The molecule has 162 valence electrons. The third-order valence-electron chi connectivity index (χ3n) is 5.81. The van der Waals surface area contributed by atoms with Crippen LogP contribution in [0, 0.1) is 0 Å². The Hall–Kier alpha value is -4.35. The number of fused-ring (bicyclic) bond motifs is 2. The van der Waals surface area contributed by atoms with Crippen LogP contribution in [0.15, 0.2) is 97.3 Å². The molecule has 3 aromatic carbocycles. The molecule has 0 saturated carbocycles. The standard InChI is InChI=1S/C28H17ClN4O/c29-24-9-3-7-20(14-24)25-15-22-8-4-12-30-27(22)31-28(25)33-16-23(17-34)26(32-33)21-11-10-18-5-1-2-6-19(18)13-21/h1-17H. The molecule has 0 aliphatic rings. The Morgan fingerprint density at radius 3 is 2.50 bits per heavy atom. The molecular weight excluding hydrogens is 444 g/mol. The minimum Gasteiger partial charge on any atom is -0.298 e. The first-order valence-corrected chi connectivity index (χ1v) is 11.1. The highest BCUT2D eigenvalue weighted by atomic mass is 35.5. The van der Waals surface area contributed by atoms with Crippen molar-refractivity contribution in [3.05, 3.63) is 108 Å². The third kappa shape index (κ3) is 3.52. The molecule has 34 heavy (non-hydrogen) atoms. The molecule has 0 spiro atoms. The molecule has 0 amide bonds. The second-order valence-corrected chi connectivity index (χ2v) is 8.41. The van der Waals surface area contributed by atoms with E-state index in [1.54, 1.807) is 17.1 Å². The van der Waals surface area contributed by atoms with Crippen molar-refractivity contribution in [2.24, 2.45) is 0 Å². The Balaban J connectivity index is 1.58. The minimum absolute atomic E-state index is 0.482. The average Bonchev–Trinajstić information content (AvgIpc) is 3.32. The molecule has 6 aromatic rings. The number of rotatable bonds is 4. The average molecular weight is 461 g/mol. The first-order chi connectivity index (χ1) is 16.7. The van der Waals surface area contributed by atoms with E-state index >= 15 is 0 Å². The highest BCUT2D eigenvalue weighted by Crippen LogP contribution is 2.32. The van der Waals surface area contributed by atoms with Crippen LogP contribution in [0.2, 0.25) is 5.02 Å². The van der Waals surface area contributed by atoms with Gasteiger partial charge in [-0.25, -0.2) is 14.6 Å². The van der Waals surface area contributed by atoms with E-state index in [4.69, 9.17) is 21.7 Å². The summed E-state index contributed by atoms with van der Waals surface area (Å²) in [5.41, 5.74) is 4.28. The van der Waals surface area contributed by atoms with Crippen LogP contribution < -0.4 is 0 Å². The summed E-state index contributed by atoms with van der Waals surface area (Å²) in [6, 6.07) is 27.6. The van der Waals surface area contributed by atoms with Gasteiger partial charge in [0.1, 0.15) is 5.69 Å². The lowest BCUT2D eigenvalue weighted by Crippen LogP contribution is -2.03.